The maximum atomic E-state index is 13.9. The van der Waals surface area contributed by atoms with Crippen molar-refractivity contribution in [1.29, 1.82) is 5.26 Å². The van der Waals surface area contributed by atoms with E-state index in [1.807, 2.05) is 6.07 Å². The fourth-order valence-electron chi connectivity index (χ4n) is 2.28. The molecular weight excluding hydrogens is 231 g/mol. The molecule has 3 rings (SSSR count). The standard InChI is InChI=1S/C14H11FN2O/c15-12-4-3-9(6-16)14-13(12)11(8-18-14)10-2-1-5-17-7-10/h2-4,8,17H,1,5,7H2. The molecule has 4 heteroatoms. The molecule has 0 saturated carbocycles. The number of rotatable bonds is 1. The molecule has 0 atom stereocenters. The molecule has 3 nitrogen and oxygen atoms in total. The Kier molecular flexibility index (Phi) is 2.62. The number of hydrogen-bond acceptors (Lipinski definition) is 3. The fraction of sp³-hybridized carbons (Fsp3) is 0.214. The molecule has 0 spiro atoms. The first kappa shape index (κ1) is 11.0. The second-order valence-corrected chi connectivity index (χ2v) is 4.26. The number of fused-ring (bicyclic) bond motifs is 1. The van der Waals surface area contributed by atoms with Crippen LogP contribution in [0, 0.1) is 17.1 Å². The van der Waals surface area contributed by atoms with Crippen molar-refractivity contribution < 1.29 is 8.81 Å². The third-order valence-corrected chi connectivity index (χ3v) is 3.16. The van der Waals surface area contributed by atoms with Crippen molar-refractivity contribution in [3.63, 3.8) is 0 Å². The number of nitrogens with one attached hydrogen (secondary N) is 1. The summed E-state index contributed by atoms with van der Waals surface area (Å²) in [7, 11) is 0. The summed E-state index contributed by atoms with van der Waals surface area (Å²) in [6.45, 7) is 1.63. The maximum Gasteiger partial charge on any atom is 0.155 e. The van der Waals surface area contributed by atoms with Crippen LogP contribution in [0.1, 0.15) is 17.5 Å². The summed E-state index contributed by atoms with van der Waals surface area (Å²) < 4.78 is 19.3. The zero-order chi connectivity index (χ0) is 12.5. The average Bonchev–Trinajstić information content (AvgIpc) is 2.86. The van der Waals surface area contributed by atoms with Gasteiger partial charge in [0.1, 0.15) is 11.9 Å². The molecule has 90 valence electrons. The Bertz CT molecular complexity index is 679. The number of nitrogens with zero attached hydrogens (tertiary/aromatic N) is 1. The van der Waals surface area contributed by atoms with Gasteiger partial charge in [0.2, 0.25) is 0 Å². The largest absolute Gasteiger partial charge is 0.462 e. The molecule has 1 aromatic heterocycles. The first-order valence-electron chi connectivity index (χ1n) is 5.81. The van der Waals surface area contributed by atoms with Gasteiger partial charge in [-0.25, -0.2) is 4.39 Å². The van der Waals surface area contributed by atoms with E-state index in [1.165, 1.54) is 18.4 Å². The quantitative estimate of drug-likeness (QED) is 0.836. The van der Waals surface area contributed by atoms with Crippen LogP contribution in [0.4, 0.5) is 4.39 Å². The van der Waals surface area contributed by atoms with E-state index in [0.29, 0.717) is 23.1 Å². The molecule has 0 bridgehead atoms. The third kappa shape index (κ3) is 1.60. The van der Waals surface area contributed by atoms with E-state index in [0.717, 1.165) is 24.1 Å². The van der Waals surface area contributed by atoms with Gasteiger partial charge in [-0.15, -0.1) is 0 Å². The zero-order valence-corrected chi connectivity index (χ0v) is 9.66. The van der Waals surface area contributed by atoms with Crippen LogP contribution in [0.2, 0.25) is 0 Å². The van der Waals surface area contributed by atoms with Gasteiger partial charge in [-0.2, -0.15) is 5.26 Å². The van der Waals surface area contributed by atoms with Crippen LogP contribution >= 0.6 is 0 Å². The van der Waals surface area contributed by atoms with Crippen LogP contribution in [0.25, 0.3) is 16.5 Å². The van der Waals surface area contributed by atoms with Crippen LogP contribution in [0.3, 0.4) is 0 Å². The average molecular weight is 242 g/mol. The minimum absolute atomic E-state index is 0.332. The van der Waals surface area contributed by atoms with Crippen LogP contribution in [0.15, 0.2) is 28.9 Å². The van der Waals surface area contributed by atoms with Gasteiger partial charge in [-0.3, -0.25) is 0 Å². The number of nitriles is 1. The Morgan fingerprint density at radius 1 is 1.39 bits per heavy atom. The lowest BCUT2D eigenvalue weighted by Crippen LogP contribution is -2.21. The highest BCUT2D eigenvalue weighted by Gasteiger charge is 2.18. The van der Waals surface area contributed by atoms with Crippen LogP contribution < -0.4 is 5.32 Å². The second-order valence-electron chi connectivity index (χ2n) is 4.26. The topological polar surface area (TPSA) is 49.0 Å². The van der Waals surface area contributed by atoms with E-state index in [-0.39, 0.29) is 5.82 Å². The first-order valence-corrected chi connectivity index (χ1v) is 5.81. The number of halogens is 1. The van der Waals surface area contributed by atoms with E-state index < -0.39 is 0 Å². The zero-order valence-electron chi connectivity index (χ0n) is 9.66. The molecule has 1 aliphatic rings. The van der Waals surface area contributed by atoms with Gasteiger partial charge in [0.05, 0.1) is 17.2 Å². The van der Waals surface area contributed by atoms with Crippen molar-refractivity contribution in [2.45, 2.75) is 6.42 Å². The van der Waals surface area contributed by atoms with Gasteiger partial charge in [-0.1, -0.05) is 6.08 Å². The lowest BCUT2D eigenvalue weighted by molar-refractivity contribution is 0.608. The molecule has 0 unspecified atom stereocenters. The smallest absolute Gasteiger partial charge is 0.155 e. The SMILES string of the molecule is N#Cc1ccc(F)c2c(C3=CCCNC3)coc12. The predicted molar refractivity (Wildman–Crippen MR) is 66.4 cm³/mol. The highest BCUT2D eigenvalue weighted by Crippen LogP contribution is 2.32. The van der Waals surface area contributed by atoms with E-state index in [1.54, 1.807) is 0 Å². The van der Waals surface area contributed by atoms with Gasteiger partial charge in [0, 0.05) is 12.1 Å². The summed E-state index contributed by atoms with van der Waals surface area (Å²) in [5.41, 5.74) is 2.46. The van der Waals surface area contributed by atoms with Gasteiger partial charge in [0.15, 0.2) is 5.58 Å². The van der Waals surface area contributed by atoms with Crippen LogP contribution in [-0.4, -0.2) is 13.1 Å². The summed E-state index contributed by atoms with van der Waals surface area (Å²) in [5.74, 6) is -0.348. The minimum atomic E-state index is -0.348. The third-order valence-electron chi connectivity index (χ3n) is 3.16. The van der Waals surface area contributed by atoms with Crippen LogP contribution in [-0.2, 0) is 0 Å². The van der Waals surface area contributed by atoms with Crippen molar-refractivity contribution >= 4 is 16.5 Å². The molecule has 18 heavy (non-hydrogen) atoms. The molecule has 0 radical (unpaired) electrons. The summed E-state index contributed by atoms with van der Waals surface area (Å²) in [5, 5.41) is 12.6. The molecule has 0 fully saturated rings. The highest BCUT2D eigenvalue weighted by atomic mass is 19.1. The number of hydrogen-bond donors (Lipinski definition) is 1. The lowest BCUT2D eigenvalue weighted by Gasteiger charge is -2.13. The molecule has 0 amide bonds. The number of benzene rings is 1. The molecule has 2 aromatic rings. The van der Waals surface area contributed by atoms with Crippen molar-refractivity contribution in [2.24, 2.45) is 0 Å². The molecule has 0 aliphatic carbocycles. The summed E-state index contributed by atoms with van der Waals surface area (Å²) >= 11 is 0. The van der Waals surface area contributed by atoms with E-state index in [4.69, 9.17) is 9.68 Å². The van der Waals surface area contributed by atoms with E-state index in [2.05, 4.69) is 11.4 Å². The first-order chi connectivity index (χ1) is 8.81. The fourth-order valence-corrected chi connectivity index (χ4v) is 2.28. The van der Waals surface area contributed by atoms with Crippen LogP contribution in [0.5, 0.6) is 0 Å². The van der Waals surface area contributed by atoms with Gasteiger partial charge in [0.25, 0.3) is 0 Å². The molecule has 0 saturated heterocycles. The highest BCUT2D eigenvalue weighted by molar-refractivity contribution is 5.94. The normalized spacial score (nSPS) is 15.4. The number of furan rings is 1. The minimum Gasteiger partial charge on any atom is -0.462 e. The Balaban J connectivity index is 2.26. The molecule has 2 heterocycles. The van der Waals surface area contributed by atoms with Crippen molar-refractivity contribution in [3.05, 3.63) is 41.4 Å². The van der Waals surface area contributed by atoms with Crippen molar-refractivity contribution in [2.75, 3.05) is 13.1 Å². The maximum absolute atomic E-state index is 13.9. The molecule has 1 aromatic carbocycles. The van der Waals surface area contributed by atoms with Gasteiger partial charge < -0.3 is 9.73 Å². The van der Waals surface area contributed by atoms with Gasteiger partial charge >= 0.3 is 0 Å². The van der Waals surface area contributed by atoms with Crippen molar-refractivity contribution in [3.8, 4) is 6.07 Å². The Morgan fingerprint density at radius 3 is 3.00 bits per heavy atom. The van der Waals surface area contributed by atoms with Crippen molar-refractivity contribution in [1.82, 2.24) is 5.32 Å². The summed E-state index contributed by atoms with van der Waals surface area (Å²) in [6.07, 6.45) is 4.54. The molecular formula is C14H11FN2O. The molecule has 1 aliphatic heterocycles. The van der Waals surface area contributed by atoms with Gasteiger partial charge in [-0.05, 0) is 30.7 Å². The van der Waals surface area contributed by atoms with E-state index >= 15 is 0 Å². The predicted octanol–water partition coefficient (Wildman–Crippen LogP) is 2.82. The lowest BCUT2D eigenvalue weighted by atomic mass is 10.00. The Labute approximate surface area is 104 Å². The molecule has 1 N–H and O–H groups in total. The monoisotopic (exact) mass is 242 g/mol. The van der Waals surface area contributed by atoms with E-state index in [9.17, 15) is 4.39 Å². The summed E-state index contributed by atoms with van der Waals surface area (Å²) in [4.78, 5) is 0. The second kappa shape index (κ2) is 4.28. The Hall–Kier alpha value is -2.12. The Morgan fingerprint density at radius 2 is 2.28 bits per heavy atom. The summed E-state index contributed by atoms with van der Waals surface area (Å²) in [6, 6.07) is 4.78.